The van der Waals surface area contributed by atoms with Gasteiger partial charge in [-0.1, -0.05) is 6.92 Å². The molecule has 1 amide bonds. The molecule has 82 valence electrons. The Labute approximate surface area is 88.5 Å². The van der Waals surface area contributed by atoms with Gasteiger partial charge in [0.05, 0.1) is 0 Å². The van der Waals surface area contributed by atoms with Crippen molar-refractivity contribution in [1.29, 1.82) is 0 Å². The number of hydrogen-bond acceptors (Lipinski definition) is 2. The second kappa shape index (κ2) is 4.77. The van der Waals surface area contributed by atoms with E-state index in [0.717, 1.165) is 6.42 Å². The fourth-order valence-corrected chi connectivity index (χ4v) is 1.17. The topological polar surface area (TPSA) is 55.1 Å². The Bertz CT molecular complexity index is 354. The third kappa shape index (κ3) is 2.68. The lowest BCUT2D eigenvalue weighted by Crippen LogP contribution is -2.24. The van der Waals surface area contributed by atoms with Gasteiger partial charge in [-0.15, -0.1) is 0 Å². The zero-order chi connectivity index (χ0) is 11.4. The summed E-state index contributed by atoms with van der Waals surface area (Å²) in [6.45, 7) is 4.11. The molecule has 0 saturated carbocycles. The van der Waals surface area contributed by atoms with Gasteiger partial charge in [0.25, 0.3) is 5.91 Å². The van der Waals surface area contributed by atoms with E-state index in [1.165, 1.54) is 12.1 Å². The van der Waals surface area contributed by atoms with Crippen molar-refractivity contribution >= 4 is 11.6 Å². The zero-order valence-electron chi connectivity index (χ0n) is 8.93. The Morgan fingerprint density at radius 2 is 2.20 bits per heavy atom. The average molecular weight is 210 g/mol. The molecule has 15 heavy (non-hydrogen) atoms. The van der Waals surface area contributed by atoms with Crippen LogP contribution >= 0.6 is 0 Å². The lowest BCUT2D eigenvalue weighted by Gasteiger charge is -2.07. The van der Waals surface area contributed by atoms with E-state index >= 15 is 0 Å². The highest BCUT2D eigenvalue weighted by molar-refractivity contribution is 5.95. The monoisotopic (exact) mass is 210 g/mol. The highest BCUT2D eigenvalue weighted by atomic mass is 19.1. The average Bonchev–Trinajstić information content (AvgIpc) is 2.21. The molecule has 3 nitrogen and oxygen atoms in total. The number of rotatable bonds is 3. The van der Waals surface area contributed by atoms with E-state index in [4.69, 9.17) is 5.73 Å². The highest BCUT2D eigenvalue weighted by Gasteiger charge is 2.10. The largest absolute Gasteiger partial charge is 0.398 e. The molecular formula is C11H15FN2O. The quantitative estimate of drug-likeness (QED) is 0.748. The van der Waals surface area contributed by atoms with Crippen molar-refractivity contribution in [3.8, 4) is 0 Å². The lowest BCUT2D eigenvalue weighted by molar-refractivity contribution is 0.0953. The Hall–Kier alpha value is -1.58. The predicted molar refractivity (Wildman–Crippen MR) is 58.2 cm³/mol. The van der Waals surface area contributed by atoms with Crippen LogP contribution in [-0.4, -0.2) is 12.5 Å². The summed E-state index contributed by atoms with van der Waals surface area (Å²) in [7, 11) is 0. The number of nitrogen functional groups attached to an aromatic ring is 1. The van der Waals surface area contributed by atoms with Crippen LogP contribution in [0.4, 0.5) is 10.1 Å². The van der Waals surface area contributed by atoms with Gasteiger partial charge >= 0.3 is 0 Å². The van der Waals surface area contributed by atoms with Crippen molar-refractivity contribution in [2.75, 3.05) is 12.3 Å². The van der Waals surface area contributed by atoms with Crippen molar-refractivity contribution in [1.82, 2.24) is 5.32 Å². The van der Waals surface area contributed by atoms with Crippen molar-refractivity contribution in [2.45, 2.75) is 20.3 Å². The van der Waals surface area contributed by atoms with Crippen LogP contribution in [0.5, 0.6) is 0 Å². The van der Waals surface area contributed by atoms with Crippen LogP contribution in [0.25, 0.3) is 0 Å². The lowest BCUT2D eigenvalue weighted by atomic mass is 10.1. The molecule has 0 spiro atoms. The molecule has 0 fully saturated rings. The first kappa shape index (κ1) is 11.5. The Morgan fingerprint density at radius 1 is 1.53 bits per heavy atom. The molecule has 4 heteroatoms. The van der Waals surface area contributed by atoms with Gasteiger partial charge in [-0.3, -0.25) is 4.79 Å². The zero-order valence-corrected chi connectivity index (χ0v) is 8.93. The van der Waals surface area contributed by atoms with E-state index in [2.05, 4.69) is 5.32 Å². The normalized spacial score (nSPS) is 10.1. The van der Waals surface area contributed by atoms with Gasteiger partial charge < -0.3 is 11.1 Å². The van der Waals surface area contributed by atoms with E-state index in [1.54, 1.807) is 6.92 Å². The Balaban J connectivity index is 2.91. The minimum absolute atomic E-state index is 0.268. The molecule has 1 rings (SSSR count). The molecule has 0 aliphatic heterocycles. The van der Waals surface area contributed by atoms with Gasteiger partial charge in [0.15, 0.2) is 0 Å². The van der Waals surface area contributed by atoms with Crippen molar-refractivity contribution < 1.29 is 9.18 Å². The Morgan fingerprint density at radius 3 is 2.73 bits per heavy atom. The minimum atomic E-state index is -0.448. The molecule has 0 radical (unpaired) electrons. The number of halogens is 1. The second-order valence-electron chi connectivity index (χ2n) is 3.43. The van der Waals surface area contributed by atoms with Crippen LogP contribution in [0.3, 0.4) is 0 Å². The van der Waals surface area contributed by atoms with E-state index < -0.39 is 5.82 Å². The number of anilines is 1. The van der Waals surface area contributed by atoms with Gasteiger partial charge in [0, 0.05) is 23.4 Å². The highest BCUT2D eigenvalue weighted by Crippen LogP contribution is 2.17. The number of nitrogens with two attached hydrogens (primary N) is 1. The van der Waals surface area contributed by atoms with Crippen LogP contribution in [0.15, 0.2) is 12.1 Å². The van der Waals surface area contributed by atoms with E-state index in [9.17, 15) is 9.18 Å². The van der Waals surface area contributed by atoms with Crippen LogP contribution in [0, 0.1) is 12.7 Å². The standard InChI is InChI=1S/C11H15FN2O/c1-3-4-14-11(15)8-5-9(12)7(2)10(13)6-8/h5-6H,3-4,13H2,1-2H3,(H,14,15). The maximum Gasteiger partial charge on any atom is 0.251 e. The number of benzene rings is 1. The molecule has 0 heterocycles. The summed E-state index contributed by atoms with van der Waals surface area (Å²) in [6.07, 6.45) is 0.843. The molecule has 0 unspecified atom stereocenters. The molecule has 1 aromatic rings. The summed E-state index contributed by atoms with van der Waals surface area (Å²) in [5.74, 6) is -0.737. The molecule has 0 atom stereocenters. The first-order valence-electron chi connectivity index (χ1n) is 4.90. The first-order valence-corrected chi connectivity index (χ1v) is 4.90. The summed E-state index contributed by atoms with van der Waals surface area (Å²) < 4.78 is 13.3. The fourth-order valence-electron chi connectivity index (χ4n) is 1.17. The number of carbonyl (C=O) groups is 1. The number of amides is 1. The summed E-state index contributed by atoms with van der Waals surface area (Å²) in [6, 6.07) is 2.69. The second-order valence-corrected chi connectivity index (χ2v) is 3.43. The van der Waals surface area contributed by atoms with Gasteiger partial charge in [0.1, 0.15) is 5.82 Å². The molecule has 0 aromatic heterocycles. The van der Waals surface area contributed by atoms with Gasteiger partial charge in [-0.25, -0.2) is 4.39 Å². The summed E-state index contributed by atoms with van der Waals surface area (Å²) in [5, 5.41) is 2.66. The van der Waals surface area contributed by atoms with Crippen molar-refractivity contribution in [2.24, 2.45) is 0 Å². The van der Waals surface area contributed by atoms with Crippen molar-refractivity contribution in [3.63, 3.8) is 0 Å². The van der Waals surface area contributed by atoms with Crippen molar-refractivity contribution in [3.05, 3.63) is 29.1 Å². The number of carbonyl (C=O) groups excluding carboxylic acids is 1. The van der Waals surface area contributed by atoms with Crippen LogP contribution < -0.4 is 11.1 Å². The maximum atomic E-state index is 13.3. The smallest absolute Gasteiger partial charge is 0.251 e. The first-order chi connectivity index (χ1) is 7.06. The predicted octanol–water partition coefficient (Wildman–Crippen LogP) is 1.86. The third-order valence-electron chi connectivity index (χ3n) is 2.18. The van der Waals surface area contributed by atoms with Gasteiger partial charge in [-0.2, -0.15) is 0 Å². The van der Waals surface area contributed by atoms with Crippen LogP contribution in [-0.2, 0) is 0 Å². The van der Waals surface area contributed by atoms with Crippen LogP contribution in [0.2, 0.25) is 0 Å². The molecule has 0 saturated heterocycles. The molecule has 0 bridgehead atoms. The SMILES string of the molecule is CCCNC(=O)c1cc(N)c(C)c(F)c1. The molecule has 3 N–H and O–H groups in total. The Kier molecular flexibility index (Phi) is 3.66. The third-order valence-corrected chi connectivity index (χ3v) is 2.18. The van der Waals surface area contributed by atoms with E-state index in [0.29, 0.717) is 17.8 Å². The van der Waals surface area contributed by atoms with Crippen LogP contribution in [0.1, 0.15) is 29.3 Å². The molecule has 0 aliphatic rings. The molecule has 0 aliphatic carbocycles. The fraction of sp³-hybridized carbons (Fsp3) is 0.364. The maximum absolute atomic E-state index is 13.3. The van der Waals surface area contributed by atoms with E-state index in [1.807, 2.05) is 6.92 Å². The summed E-state index contributed by atoms with van der Waals surface area (Å²) in [4.78, 5) is 11.5. The summed E-state index contributed by atoms with van der Waals surface area (Å²) >= 11 is 0. The summed E-state index contributed by atoms with van der Waals surface area (Å²) in [5.41, 5.74) is 6.51. The van der Waals surface area contributed by atoms with E-state index in [-0.39, 0.29) is 11.5 Å². The van der Waals surface area contributed by atoms with Gasteiger partial charge in [0.2, 0.25) is 0 Å². The minimum Gasteiger partial charge on any atom is -0.398 e. The number of nitrogens with one attached hydrogen (secondary N) is 1. The molecular weight excluding hydrogens is 195 g/mol. The molecule has 1 aromatic carbocycles. The van der Waals surface area contributed by atoms with Gasteiger partial charge in [-0.05, 0) is 25.5 Å². The number of hydrogen-bond donors (Lipinski definition) is 2.